The van der Waals surface area contributed by atoms with Gasteiger partial charge in [0, 0.05) is 24.2 Å². The van der Waals surface area contributed by atoms with Crippen LogP contribution in [-0.2, 0) is 9.59 Å². The van der Waals surface area contributed by atoms with Gasteiger partial charge in [0.05, 0.1) is 5.92 Å². The number of fused-ring (bicyclic) bond motifs is 1. The van der Waals surface area contributed by atoms with Crippen LogP contribution in [0.3, 0.4) is 0 Å². The monoisotopic (exact) mass is 343 g/mol. The third-order valence-corrected chi connectivity index (χ3v) is 4.39. The first kappa shape index (κ1) is 19.4. The molecule has 2 amide bonds. The van der Waals surface area contributed by atoms with Gasteiger partial charge < -0.3 is 16.4 Å². The van der Waals surface area contributed by atoms with Crippen LogP contribution in [0.5, 0.6) is 0 Å². The second-order valence-corrected chi connectivity index (χ2v) is 5.82. The topological polar surface area (TPSA) is 84.2 Å². The Morgan fingerprint density at radius 2 is 2.09 bits per heavy atom. The molecule has 23 heavy (non-hydrogen) atoms. The Labute approximate surface area is 141 Å². The second-order valence-electron chi connectivity index (χ2n) is 5.82. The number of anilines is 1. The van der Waals surface area contributed by atoms with Crippen molar-refractivity contribution in [2.75, 3.05) is 11.9 Å². The summed E-state index contributed by atoms with van der Waals surface area (Å²) in [6, 6.07) is 4.07. The van der Waals surface area contributed by atoms with Gasteiger partial charge in [-0.1, -0.05) is 19.9 Å². The fourth-order valence-corrected chi connectivity index (χ4v) is 2.56. The van der Waals surface area contributed by atoms with E-state index in [0.29, 0.717) is 17.8 Å². The van der Waals surface area contributed by atoms with E-state index >= 15 is 0 Å². The lowest BCUT2D eigenvalue weighted by atomic mass is 9.89. The zero-order chi connectivity index (χ0) is 16.3. The molecular weight excluding hydrogens is 321 g/mol. The summed E-state index contributed by atoms with van der Waals surface area (Å²) in [4.78, 5) is 24.2. The van der Waals surface area contributed by atoms with Crippen molar-refractivity contribution >= 4 is 29.9 Å². The van der Waals surface area contributed by atoms with Gasteiger partial charge in [-0.3, -0.25) is 9.59 Å². The lowest BCUT2D eigenvalue weighted by molar-refractivity contribution is -0.126. The Balaban J connectivity index is 0.00000264. The number of hydrogen-bond donors (Lipinski definition) is 3. The van der Waals surface area contributed by atoms with Crippen LogP contribution >= 0.6 is 12.4 Å². The Kier molecular flexibility index (Phi) is 6.53. The Hall–Kier alpha value is -1.66. The van der Waals surface area contributed by atoms with Crippen LogP contribution in [0.2, 0.25) is 0 Å². The molecule has 0 aliphatic carbocycles. The Bertz CT molecular complexity index is 591. The number of rotatable bonds is 5. The van der Waals surface area contributed by atoms with E-state index in [0.717, 1.165) is 12.8 Å². The van der Waals surface area contributed by atoms with Crippen molar-refractivity contribution in [3.8, 4) is 0 Å². The summed E-state index contributed by atoms with van der Waals surface area (Å²) in [7, 11) is 0. The first-order chi connectivity index (χ1) is 10.4. The number of hydrogen-bond acceptors (Lipinski definition) is 3. The molecule has 1 aromatic rings. The SMILES string of the molecule is CCC(N)(CC)CNC(=O)C1CC(=O)Nc2cc(F)ccc21.Cl. The molecule has 1 unspecified atom stereocenters. The minimum Gasteiger partial charge on any atom is -0.354 e. The summed E-state index contributed by atoms with van der Waals surface area (Å²) in [6.45, 7) is 4.30. The summed E-state index contributed by atoms with van der Waals surface area (Å²) in [6.07, 6.45) is 1.55. The van der Waals surface area contributed by atoms with Gasteiger partial charge in [-0.05, 0) is 30.5 Å². The maximum atomic E-state index is 13.3. The third kappa shape index (κ3) is 4.42. The predicted octanol–water partition coefficient (Wildman–Crippen LogP) is 2.31. The van der Waals surface area contributed by atoms with Gasteiger partial charge in [-0.2, -0.15) is 0 Å². The van der Waals surface area contributed by atoms with Gasteiger partial charge >= 0.3 is 0 Å². The molecule has 128 valence electrons. The van der Waals surface area contributed by atoms with E-state index in [1.54, 1.807) is 6.07 Å². The van der Waals surface area contributed by atoms with Crippen LogP contribution in [0.4, 0.5) is 10.1 Å². The molecule has 0 fully saturated rings. The molecule has 0 saturated heterocycles. The third-order valence-electron chi connectivity index (χ3n) is 4.39. The zero-order valence-corrected chi connectivity index (χ0v) is 14.1. The molecule has 1 atom stereocenters. The summed E-state index contributed by atoms with van der Waals surface area (Å²) in [5.74, 6) is -1.59. The molecule has 0 spiro atoms. The highest BCUT2D eigenvalue weighted by molar-refractivity contribution is 6.01. The molecule has 0 bridgehead atoms. The zero-order valence-electron chi connectivity index (χ0n) is 13.3. The Morgan fingerprint density at radius 3 is 2.70 bits per heavy atom. The smallest absolute Gasteiger partial charge is 0.228 e. The number of nitrogens with two attached hydrogens (primary N) is 1. The molecule has 0 saturated carbocycles. The van der Waals surface area contributed by atoms with Crippen molar-refractivity contribution < 1.29 is 14.0 Å². The van der Waals surface area contributed by atoms with Crippen LogP contribution < -0.4 is 16.4 Å². The minimum absolute atomic E-state index is 0. The molecule has 0 radical (unpaired) electrons. The van der Waals surface area contributed by atoms with Crippen molar-refractivity contribution in [2.24, 2.45) is 5.73 Å². The van der Waals surface area contributed by atoms with Crippen LogP contribution in [0, 0.1) is 5.82 Å². The fourth-order valence-electron chi connectivity index (χ4n) is 2.56. The van der Waals surface area contributed by atoms with Gasteiger partial charge in [0.1, 0.15) is 5.82 Å². The van der Waals surface area contributed by atoms with E-state index in [-0.39, 0.29) is 30.6 Å². The number of carbonyl (C=O) groups excluding carboxylic acids is 2. The molecule has 0 aromatic heterocycles. The van der Waals surface area contributed by atoms with Gasteiger partial charge in [0.15, 0.2) is 0 Å². The van der Waals surface area contributed by atoms with Crippen LogP contribution in [0.15, 0.2) is 18.2 Å². The van der Waals surface area contributed by atoms with Crippen LogP contribution in [0.1, 0.15) is 44.6 Å². The quantitative estimate of drug-likeness (QED) is 0.767. The van der Waals surface area contributed by atoms with E-state index < -0.39 is 17.3 Å². The number of amides is 2. The molecule has 1 aliphatic heterocycles. The highest BCUT2D eigenvalue weighted by atomic mass is 35.5. The molecule has 4 N–H and O–H groups in total. The number of halogens is 2. The molecular formula is C16H23ClFN3O2. The van der Waals surface area contributed by atoms with E-state index in [1.807, 2.05) is 13.8 Å². The average molecular weight is 344 g/mol. The molecule has 1 aromatic carbocycles. The van der Waals surface area contributed by atoms with Crippen LogP contribution in [-0.4, -0.2) is 23.9 Å². The van der Waals surface area contributed by atoms with E-state index in [9.17, 15) is 14.0 Å². The first-order valence-electron chi connectivity index (χ1n) is 7.54. The van der Waals surface area contributed by atoms with Crippen molar-refractivity contribution in [2.45, 2.75) is 44.6 Å². The van der Waals surface area contributed by atoms with Crippen LogP contribution in [0.25, 0.3) is 0 Å². The van der Waals surface area contributed by atoms with Crippen molar-refractivity contribution in [3.05, 3.63) is 29.6 Å². The van der Waals surface area contributed by atoms with Gasteiger partial charge in [0.25, 0.3) is 0 Å². The Morgan fingerprint density at radius 1 is 1.43 bits per heavy atom. The van der Waals surface area contributed by atoms with E-state index in [2.05, 4.69) is 10.6 Å². The summed E-state index contributed by atoms with van der Waals surface area (Å²) < 4.78 is 13.3. The lowest BCUT2D eigenvalue weighted by Gasteiger charge is -2.29. The molecule has 1 aliphatic rings. The van der Waals surface area contributed by atoms with Gasteiger partial charge in [0.2, 0.25) is 11.8 Å². The largest absolute Gasteiger partial charge is 0.354 e. The van der Waals surface area contributed by atoms with Crippen molar-refractivity contribution in [1.29, 1.82) is 0 Å². The second kappa shape index (κ2) is 7.75. The standard InChI is InChI=1S/C16H22FN3O2.ClH/c1-3-16(18,4-2)9-19-15(22)12-8-14(21)20-13-7-10(17)5-6-11(12)13;/h5-7,12H,3-4,8-9,18H2,1-2H3,(H,19,22)(H,20,21);1H. The minimum atomic E-state index is -0.609. The molecule has 5 nitrogen and oxygen atoms in total. The average Bonchev–Trinajstić information content (AvgIpc) is 2.51. The van der Waals surface area contributed by atoms with Crippen molar-refractivity contribution in [1.82, 2.24) is 5.32 Å². The lowest BCUT2D eigenvalue weighted by Crippen LogP contribution is -2.50. The number of nitrogens with one attached hydrogen (secondary N) is 2. The normalized spacial score (nSPS) is 16.9. The predicted molar refractivity (Wildman–Crippen MR) is 90.1 cm³/mol. The summed E-state index contributed by atoms with van der Waals surface area (Å²) in [5.41, 5.74) is 6.72. The summed E-state index contributed by atoms with van der Waals surface area (Å²) >= 11 is 0. The fraction of sp³-hybridized carbons (Fsp3) is 0.500. The maximum absolute atomic E-state index is 13.3. The highest BCUT2D eigenvalue weighted by Crippen LogP contribution is 2.32. The van der Waals surface area contributed by atoms with Crippen molar-refractivity contribution in [3.63, 3.8) is 0 Å². The van der Waals surface area contributed by atoms with E-state index in [4.69, 9.17) is 5.73 Å². The molecule has 1 heterocycles. The van der Waals surface area contributed by atoms with Gasteiger partial charge in [-0.15, -0.1) is 12.4 Å². The maximum Gasteiger partial charge on any atom is 0.228 e. The number of carbonyl (C=O) groups is 2. The van der Waals surface area contributed by atoms with E-state index in [1.165, 1.54) is 12.1 Å². The molecule has 2 rings (SSSR count). The summed E-state index contributed by atoms with van der Waals surface area (Å²) in [5, 5.41) is 5.43. The highest BCUT2D eigenvalue weighted by Gasteiger charge is 2.32. The molecule has 7 heteroatoms. The first-order valence-corrected chi connectivity index (χ1v) is 7.54. The van der Waals surface area contributed by atoms with Gasteiger partial charge in [-0.25, -0.2) is 4.39 Å². The number of benzene rings is 1.